The van der Waals surface area contributed by atoms with Gasteiger partial charge in [0.25, 0.3) is 0 Å². The Balaban J connectivity index is 2.11. The molecule has 1 aliphatic heterocycles. The Kier molecular flexibility index (Phi) is 4.47. The highest BCUT2D eigenvalue weighted by Gasteiger charge is 2.48. The van der Waals surface area contributed by atoms with Gasteiger partial charge >= 0.3 is 0 Å². The number of amides is 2. The molecule has 1 heterocycles. The van der Waals surface area contributed by atoms with Crippen LogP contribution in [0.5, 0.6) is 0 Å². The van der Waals surface area contributed by atoms with E-state index in [9.17, 15) is 14.7 Å². The van der Waals surface area contributed by atoms with E-state index in [1.54, 1.807) is 12.1 Å². The van der Waals surface area contributed by atoms with Crippen LogP contribution >= 0.6 is 0 Å². The summed E-state index contributed by atoms with van der Waals surface area (Å²) in [6.45, 7) is 5.98. The summed E-state index contributed by atoms with van der Waals surface area (Å²) < 4.78 is 0. The Morgan fingerprint density at radius 3 is 2.43 bits per heavy atom. The van der Waals surface area contributed by atoms with E-state index in [0.717, 1.165) is 5.56 Å². The number of aliphatic hydroxyl groups excluding tert-OH is 1. The predicted molar refractivity (Wildman–Crippen MR) is 80.3 cm³/mol. The molecule has 2 unspecified atom stereocenters. The molecule has 1 aliphatic rings. The SMILES string of the molecule is CC(C)CC1(C)CC(=O)N(CC(O)c2ccccc2)C1=O. The summed E-state index contributed by atoms with van der Waals surface area (Å²) in [4.78, 5) is 25.9. The molecule has 0 spiro atoms. The minimum atomic E-state index is -0.833. The largest absolute Gasteiger partial charge is 0.387 e. The summed E-state index contributed by atoms with van der Waals surface area (Å²) in [5.74, 6) is 0.0139. The molecule has 0 saturated carbocycles. The first kappa shape index (κ1) is 15.7. The van der Waals surface area contributed by atoms with Crippen LogP contribution in [0.2, 0.25) is 0 Å². The van der Waals surface area contributed by atoms with Crippen molar-refractivity contribution in [1.29, 1.82) is 0 Å². The summed E-state index contributed by atoms with van der Waals surface area (Å²) in [6.07, 6.45) is 0.0987. The van der Waals surface area contributed by atoms with Crippen LogP contribution in [0, 0.1) is 11.3 Å². The zero-order valence-electron chi connectivity index (χ0n) is 12.9. The highest BCUT2D eigenvalue weighted by molar-refractivity contribution is 6.05. The van der Waals surface area contributed by atoms with Gasteiger partial charge < -0.3 is 5.11 Å². The van der Waals surface area contributed by atoms with E-state index in [4.69, 9.17) is 0 Å². The first-order valence-corrected chi connectivity index (χ1v) is 7.41. The Hall–Kier alpha value is -1.68. The van der Waals surface area contributed by atoms with E-state index < -0.39 is 11.5 Å². The lowest BCUT2D eigenvalue weighted by Gasteiger charge is -2.25. The fourth-order valence-electron chi connectivity index (χ4n) is 3.14. The maximum atomic E-state index is 12.5. The second-order valence-electron chi connectivity index (χ2n) is 6.57. The second kappa shape index (κ2) is 5.98. The number of hydrogen-bond acceptors (Lipinski definition) is 3. The number of β-amino-alcohol motifs (C(OH)–C–C–N with tert-alkyl or cyclic N) is 1. The standard InChI is InChI=1S/C17H23NO3/c1-12(2)9-17(3)10-15(20)18(16(17)21)11-14(19)13-7-5-4-6-8-13/h4-8,12,14,19H,9-11H2,1-3H3. The van der Waals surface area contributed by atoms with Crippen LogP contribution in [0.25, 0.3) is 0 Å². The van der Waals surface area contributed by atoms with E-state index in [0.29, 0.717) is 12.3 Å². The van der Waals surface area contributed by atoms with Gasteiger partial charge in [-0.25, -0.2) is 0 Å². The number of imide groups is 1. The molecule has 2 atom stereocenters. The number of carbonyl (C=O) groups is 2. The normalized spacial score (nSPS) is 24.0. The minimum Gasteiger partial charge on any atom is -0.387 e. The fraction of sp³-hybridized carbons (Fsp3) is 0.529. The average Bonchev–Trinajstić information content (AvgIpc) is 2.62. The van der Waals surface area contributed by atoms with Gasteiger partial charge in [-0.05, 0) is 17.9 Å². The number of rotatable bonds is 5. The Bertz CT molecular complexity index is 526. The minimum absolute atomic E-state index is 0.0371. The van der Waals surface area contributed by atoms with Crippen LogP contribution in [-0.4, -0.2) is 28.4 Å². The van der Waals surface area contributed by atoms with Crippen LogP contribution in [0.3, 0.4) is 0 Å². The number of nitrogens with zero attached hydrogens (tertiary/aromatic N) is 1. The summed E-state index contributed by atoms with van der Waals surface area (Å²) in [5, 5.41) is 10.2. The van der Waals surface area contributed by atoms with Crippen molar-refractivity contribution >= 4 is 11.8 Å². The van der Waals surface area contributed by atoms with Gasteiger partial charge in [0.05, 0.1) is 18.1 Å². The van der Waals surface area contributed by atoms with Crippen molar-refractivity contribution in [2.45, 2.75) is 39.7 Å². The molecule has 1 fully saturated rings. The smallest absolute Gasteiger partial charge is 0.235 e. The molecular weight excluding hydrogens is 266 g/mol. The third kappa shape index (κ3) is 3.32. The molecule has 114 valence electrons. The van der Waals surface area contributed by atoms with Crippen molar-refractivity contribution in [2.24, 2.45) is 11.3 Å². The van der Waals surface area contributed by atoms with Crippen molar-refractivity contribution in [3.05, 3.63) is 35.9 Å². The third-order valence-electron chi connectivity index (χ3n) is 4.00. The van der Waals surface area contributed by atoms with Crippen LogP contribution < -0.4 is 0 Å². The number of likely N-dealkylation sites (tertiary alicyclic amines) is 1. The van der Waals surface area contributed by atoms with Crippen LogP contribution in [0.4, 0.5) is 0 Å². The summed E-state index contributed by atoms with van der Waals surface area (Å²) in [5.41, 5.74) is 0.0948. The second-order valence-corrected chi connectivity index (χ2v) is 6.57. The quantitative estimate of drug-likeness (QED) is 0.847. The molecule has 1 saturated heterocycles. The summed E-state index contributed by atoms with van der Waals surface area (Å²) >= 11 is 0. The number of benzene rings is 1. The molecule has 0 aromatic heterocycles. The van der Waals surface area contributed by atoms with Gasteiger partial charge in [0.2, 0.25) is 11.8 Å². The molecule has 0 radical (unpaired) electrons. The summed E-state index contributed by atoms with van der Waals surface area (Å²) in [6, 6.07) is 9.11. The van der Waals surface area contributed by atoms with Gasteiger partial charge in [0, 0.05) is 6.42 Å². The van der Waals surface area contributed by atoms with E-state index >= 15 is 0 Å². The van der Waals surface area contributed by atoms with Crippen molar-refractivity contribution < 1.29 is 14.7 Å². The van der Waals surface area contributed by atoms with Crippen LogP contribution in [0.15, 0.2) is 30.3 Å². The van der Waals surface area contributed by atoms with Crippen molar-refractivity contribution in [1.82, 2.24) is 4.90 Å². The van der Waals surface area contributed by atoms with Crippen molar-refractivity contribution in [3.8, 4) is 0 Å². The molecule has 1 aromatic carbocycles. The van der Waals surface area contributed by atoms with E-state index in [1.165, 1.54) is 4.90 Å². The topological polar surface area (TPSA) is 57.6 Å². The van der Waals surface area contributed by atoms with Gasteiger partial charge in [-0.15, -0.1) is 0 Å². The number of hydrogen-bond donors (Lipinski definition) is 1. The van der Waals surface area contributed by atoms with Gasteiger partial charge in [-0.3, -0.25) is 14.5 Å². The summed E-state index contributed by atoms with van der Waals surface area (Å²) in [7, 11) is 0. The average molecular weight is 289 g/mol. The van der Waals surface area contributed by atoms with E-state index in [1.807, 2.05) is 39.0 Å². The molecule has 0 aliphatic carbocycles. The molecule has 21 heavy (non-hydrogen) atoms. The molecule has 2 rings (SSSR count). The first-order chi connectivity index (χ1) is 9.83. The lowest BCUT2D eigenvalue weighted by Crippen LogP contribution is -2.37. The Morgan fingerprint density at radius 1 is 1.24 bits per heavy atom. The lowest BCUT2D eigenvalue weighted by molar-refractivity contribution is -0.143. The van der Waals surface area contributed by atoms with Gasteiger partial charge in [-0.2, -0.15) is 0 Å². The lowest BCUT2D eigenvalue weighted by atomic mass is 9.80. The van der Waals surface area contributed by atoms with Gasteiger partial charge in [-0.1, -0.05) is 51.1 Å². The molecular formula is C17H23NO3. The molecule has 4 nitrogen and oxygen atoms in total. The first-order valence-electron chi connectivity index (χ1n) is 7.41. The maximum absolute atomic E-state index is 12.5. The molecule has 1 N–H and O–H groups in total. The zero-order chi connectivity index (χ0) is 15.6. The molecule has 2 amide bonds. The van der Waals surface area contributed by atoms with Crippen molar-refractivity contribution in [3.63, 3.8) is 0 Å². The molecule has 1 aromatic rings. The Morgan fingerprint density at radius 2 is 1.86 bits per heavy atom. The maximum Gasteiger partial charge on any atom is 0.235 e. The highest BCUT2D eigenvalue weighted by Crippen LogP contribution is 2.38. The van der Waals surface area contributed by atoms with Crippen molar-refractivity contribution in [2.75, 3.05) is 6.54 Å². The van der Waals surface area contributed by atoms with Gasteiger partial charge in [0.15, 0.2) is 0 Å². The molecule has 4 heteroatoms. The Labute approximate surface area is 125 Å². The monoisotopic (exact) mass is 289 g/mol. The zero-order valence-corrected chi connectivity index (χ0v) is 12.9. The fourth-order valence-corrected chi connectivity index (χ4v) is 3.14. The number of aliphatic hydroxyl groups is 1. The molecule has 0 bridgehead atoms. The number of carbonyl (C=O) groups excluding carboxylic acids is 2. The third-order valence-corrected chi connectivity index (χ3v) is 4.00. The van der Waals surface area contributed by atoms with E-state index in [2.05, 4.69) is 0 Å². The van der Waals surface area contributed by atoms with Gasteiger partial charge in [0.1, 0.15) is 0 Å². The highest BCUT2D eigenvalue weighted by atomic mass is 16.3. The van der Waals surface area contributed by atoms with E-state index in [-0.39, 0.29) is 24.8 Å². The predicted octanol–water partition coefficient (Wildman–Crippen LogP) is 2.53. The van der Waals surface area contributed by atoms with Crippen LogP contribution in [0.1, 0.15) is 45.3 Å². The van der Waals surface area contributed by atoms with Crippen LogP contribution in [-0.2, 0) is 9.59 Å².